The number of fused-ring (bicyclic) bond motifs is 1. The van der Waals surface area contributed by atoms with E-state index in [0.29, 0.717) is 10.2 Å². The van der Waals surface area contributed by atoms with Crippen molar-refractivity contribution in [2.45, 2.75) is 0 Å². The van der Waals surface area contributed by atoms with Gasteiger partial charge < -0.3 is 0 Å². The van der Waals surface area contributed by atoms with Gasteiger partial charge >= 0.3 is 0 Å². The summed E-state index contributed by atoms with van der Waals surface area (Å²) in [4.78, 5) is 16.6. The molecule has 132 valence electrons. The van der Waals surface area contributed by atoms with Crippen molar-refractivity contribution >= 4 is 50.8 Å². The zero-order valence-corrected chi connectivity index (χ0v) is 15.8. The molecule has 3 nitrogen and oxygen atoms in total. The topological polar surface area (TPSA) is 42.0 Å². The van der Waals surface area contributed by atoms with Crippen LogP contribution in [0.2, 0.25) is 5.02 Å². The first-order valence-corrected chi connectivity index (χ1v) is 9.62. The molecule has 5 heteroatoms. The van der Waals surface area contributed by atoms with E-state index in [2.05, 4.69) is 34.6 Å². The van der Waals surface area contributed by atoms with Crippen molar-refractivity contribution < 1.29 is 4.79 Å². The number of amides is 1. The SMILES string of the molecule is O=C(C=Cc1ccc(Cl)cc1)Nc1nc(-c2ccc3ccccc3c2)cs1. The Morgan fingerprint density at radius 3 is 2.59 bits per heavy atom. The van der Waals surface area contributed by atoms with Crippen molar-refractivity contribution in [2.75, 3.05) is 5.32 Å². The average Bonchev–Trinajstić information content (AvgIpc) is 3.15. The highest BCUT2D eigenvalue weighted by Crippen LogP contribution is 2.27. The predicted octanol–water partition coefficient (Wildman–Crippen LogP) is 6.27. The minimum absolute atomic E-state index is 0.218. The number of hydrogen-bond acceptors (Lipinski definition) is 3. The number of nitrogens with one attached hydrogen (secondary N) is 1. The minimum atomic E-state index is -0.218. The summed E-state index contributed by atoms with van der Waals surface area (Å²) in [5, 5.41) is 8.35. The second-order valence-electron chi connectivity index (χ2n) is 5.97. The van der Waals surface area contributed by atoms with Gasteiger partial charge in [0.25, 0.3) is 0 Å². The molecular weight excluding hydrogens is 376 g/mol. The van der Waals surface area contributed by atoms with Crippen molar-refractivity contribution in [3.8, 4) is 11.3 Å². The summed E-state index contributed by atoms with van der Waals surface area (Å²) in [5.74, 6) is -0.218. The summed E-state index contributed by atoms with van der Waals surface area (Å²) in [6.45, 7) is 0. The molecule has 0 spiro atoms. The Morgan fingerprint density at radius 2 is 1.78 bits per heavy atom. The number of thiazole rings is 1. The molecule has 0 aliphatic carbocycles. The van der Waals surface area contributed by atoms with Gasteiger partial charge in [-0.05, 0) is 40.6 Å². The Morgan fingerprint density at radius 1 is 1.00 bits per heavy atom. The molecule has 4 aromatic rings. The van der Waals surface area contributed by atoms with Crippen LogP contribution in [0.3, 0.4) is 0 Å². The largest absolute Gasteiger partial charge is 0.298 e. The van der Waals surface area contributed by atoms with Gasteiger partial charge in [-0.3, -0.25) is 10.1 Å². The van der Waals surface area contributed by atoms with Gasteiger partial charge in [-0.25, -0.2) is 4.98 Å². The quantitative estimate of drug-likeness (QED) is 0.417. The van der Waals surface area contributed by atoms with Crippen molar-refractivity contribution in [3.05, 3.63) is 88.8 Å². The van der Waals surface area contributed by atoms with Gasteiger partial charge in [-0.1, -0.05) is 60.1 Å². The Hall–Kier alpha value is -2.95. The molecule has 0 saturated heterocycles. The second-order valence-corrected chi connectivity index (χ2v) is 7.27. The lowest BCUT2D eigenvalue weighted by Crippen LogP contribution is -2.07. The number of anilines is 1. The standard InChI is InChI=1S/C22H15ClN2OS/c23-19-10-5-15(6-11-19)7-12-21(26)25-22-24-20(14-27-22)18-9-8-16-3-1-2-4-17(16)13-18/h1-14H,(H,24,25,26). The van der Waals surface area contributed by atoms with Gasteiger partial charge in [-0.15, -0.1) is 11.3 Å². The number of carbonyl (C=O) groups excluding carboxylic acids is 1. The first-order valence-electron chi connectivity index (χ1n) is 8.37. The Kier molecular flexibility index (Phi) is 5.01. The van der Waals surface area contributed by atoms with Crippen LogP contribution in [0.15, 0.2) is 78.2 Å². The normalized spacial score (nSPS) is 11.1. The summed E-state index contributed by atoms with van der Waals surface area (Å²) in [7, 11) is 0. The summed E-state index contributed by atoms with van der Waals surface area (Å²) < 4.78 is 0. The second kappa shape index (κ2) is 7.74. The first kappa shape index (κ1) is 17.5. The molecule has 0 fully saturated rings. The first-order chi connectivity index (χ1) is 13.2. The average molecular weight is 391 g/mol. The molecule has 1 heterocycles. The molecule has 0 unspecified atom stereocenters. The number of halogens is 1. The van der Waals surface area contributed by atoms with Gasteiger partial charge in [0.2, 0.25) is 5.91 Å². The van der Waals surface area contributed by atoms with E-state index in [4.69, 9.17) is 11.6 Å². The minimum Gasteiger partial charge on any atom is -0.298 e. The van der Waals surface area contributed by atoms with E-state index < -0.39 is 0 Å². The van der Waals surface area contributed by atoms with Crippen LogP contribution in [0, 0.1) is 0 Å². The molecule has 3 aromatic carbocycles. The fraction of sp³-hybridized carbons (Fsp3) is 0. The van der Waals surface area contributed by atoms with Gasteiger partial charge in [0.15, 0.2) is 5.13 Å². The fourth-order valence-electron chi connectivity index (χ4n) is 2.71. The van der Waals surface area contributed by atoms with Crippen molar-refractivity contribution in [2.24, 2.45) is 0 Å². The van der Waals surface area contributed by atoms with Gasteiger partial charge in [0.1, 0.15) is 0 Å². The molecule has 0 radical (unpaired) electrons. The fourth-order valence-corrected chi connectivity index (χ4v) is 3.55. The maximum absolute atomic E-state index is 12.1. The van der Waals surface area contributed by atoms with E-state index in [1.807, 2.05) is 35.7 Å². The van der Waals surface area contributed by atoms with Crippen molar-refractivity contribution in [3.63, 3.8) is 0 Å². The zero-order valence-electron chi connectivity index (χ0n) is 14.2. The smallest absolute Gasteiger partial charge is 0.250 e. The van der Waals surface area contributed by atoms with E-state index in [1.54, 1.807) is 18.2 Å². The van der Waals surface area contributed by atoms with E-state index in [0.717, 1.165) is 16.8 Å². The Labute approximate surface area is 166 Å². The number of benzene rings is 3. The molecule has 0 bridgehead atoms. The monoisotopic (exact) mass is 390 g/mol. The van der Waals surface area contributed by atoms with Crippen LogP contribution in [-0.4, -0.2) is 10.9 Å². The van der Waals surface area contributed by atoms with Gasteiger partial charge in [0.05, 0.1) is 5.69 Å². The number of aromatic nitrogens is 1. The highest BCUT2D eigenvalue weighted by molar-refractivity contribution is 7.14. The van der Waals surface area contributed by atoms with E-state index in [-0.39, 0.29) is 5.91 Å². The molecule has 1 N–H and O–H groups in total. The summed E-state index contributed by atoms with van der Waals surface area (Å²) in [5.41, 5.74) is 2.79. The number of nitrogens with zero attached hydrogens (tertiary/aromatic N) is 1. The third-order valence-corrected chi connectivity index (χ3v) is 5.09. The predicted molar refractivity (Wildman–Crippen MR) is 114 cm³/mol. The van der Waals surface area contributed by atoms with E-state index >= 15 is 0 Å². The molecular formula is C22H15ClN2OS. The van der Waals surface area contributed by atoms with Crippen LogP contribution >= 0.6 is 22.9 Å². The van der Waals surface area contributed by atoms with Crippen LogP contribution in [0.1, 0.15) is 5.56 Å². The van der Waals surface area contributed by atoms with Crippen LogP contribution in [0.5, 0.6) is 0 Å². The molecule has 0 atom stereocenters. The van der Waals surface area contributed by atoms with E-state index in [1.165, 1.54) is 28.2 Å². The Bertz CT molecular complexity index is 1130. The third-order valence-electron chi connectivity index (χ3n) is 4.08. The van der Waals surface area contributed by atoms with Crippen molar-refractivity contribution in [1.29, 1.82) is 0 Å². The van der Waals surface area contributed by atoms with Crippen LogP contribution in [0.4, 0.5) is 5.13 Å². The molecule has 0 aliphatic heterocycles. The summed E-state index contributed by atoms with van der Waals surface area (Å²) >= 11 is 7.26. The molecule has 0 saturated carbocycles. The highest BCUT2D eigenvalue weighted by Gasteiger charge is 2.07. The highest BCUT2D eigenvalue weighted by atomic mass is 35.5. The molecule has 27 heavy (non-hydrogen) atoms. The lowest BCUT2D eigenvalue weighted by atomic mass is 10.1. The summed E-state index contributed by atoms with van der Waals surface area (Å²) in [6, 6.07) is 21.7. The van der Waals surface area contributed by atoms with Gasteiger partial charge in [-0.2, -0.15) is 0 Å². The molecule has 4 rings (SSSR count). The molecule has 1 aromatic heterocycles. The lowest BCUT2D eigenvalue weighted by molar-refractivity contribution is -0.111. The Balaban J connectivity index is 1.47. The number of hydrogen-bond donors (Lipinski definition) is 1. The van der Waals surface area contributed by atoms with Crippen molar-refractivity contribution in [1.82, 2.24) is 4.98 Å². The summed E-state index contributed by atoms with van der Waals surface area (Å²) in [6.07, 6.45) is 3.23. The number of rotatable bonds is 4. The van der Waals surface area contributed by atoms with Crippen LogP contribution < -0.4 is 5.32 Å². The lowest BCUT2D eigenvalue weighted by Gasteiger charge is -2.01. The van der Waals surface area contributed by atoms with Crippen LogP contribution in [0.25, 0.3) is 28.1 Å². The van der Waals surface area contributed by atoms with E-state index in [9.17, 15) is 4.79 Å². The maximum Gasteiger partial charge on any atom is 0.250 e. The van der Waals surface area contributed by atoms with Crippen LogP contribution in [-0.2, 0) is 4.79 Å². The van der Waals surface area contributed by atoms with Gasteiger partial charge in [0, 0.05) is 22.0 Å². The number of carbonyl (C=O) groups is 1. The molecule has 0 aliphatic rings. The third kappa shape index (κ3) is 4.25. The zero-order chi connectivity index (χ0) is 18.6. The molecule has 1 amide bonds. The maximum atomic E-state index is 12.1.